The van der Waals surface area contributed by atoms with Crippen LogP contribution in [0, 0.1) is 0 Å². The summed E-state index contributed by atoms with van der Waals surface area (Å²) >= 11 is 0. The van der Waals surface area contributed by atoms with Crippen molar-refractivity contribution in [2.24, 2.45) is 0 Å². The van der Waals surface area contributed by atoms with E-state index in [0.717, 1.165) is 15.5 Å². The highest BCUT2D eigenvalue weighted by molar-refractivity contribution is 7.50. The zero-order valence-electron chi connectivity index (χ0n) is 14.1. The number of hydrogen-bond donors (Lipinski definition) is 0. The van der Waals surface area contributed by atoms with Crippen LogP contribution in [0.15, 0.2) is 66.7 Å². The topological polar surface area (TPSA) is 34.1 Å². The summed E-state index contributed by atoms with van der Waals surface area (Å²) in [6.07, 6.45) is 0. The van der Waals surface area contributed by atoms with Gasteiger partial charge in [-0.15, -0.1) is 0 Å². The first-order valence-corrected chi connectivity index (χ1v) is 9.39. The molecular formula is C22H17O2S+. The van der Waals surface area contributed by atoms with E-state index in [-0.39, 0.29) is 22.0 Å². The van der Waals surface area contributed by atoms with Crippen molar-refractivity contribution in [1.82, 2.24) is 0 Å². The van der Waals surface area contributed by atoms with E-state index in [1.165, 1.54) is 9.60 Å². The van der Waals surface area contributed by atoms with Gasteiger partial charge in [-0.05, 0) is 44.2 Å². The van der Waals surface area contributed by atoms with Crippen LogP contribution in [-0.2, 0) is 0 Å². The van der Waals surface area contributed by atoms with E-state index < -0.39 is 0 Å². The van der Waals surface area contributed by atoms with Crippen LogP contribution in [0.5, 0.6) is 0 Å². The summed E-state index contributed by atoms with van der Waals surface area (Å²) in [6.45, 7) is 3.12. The molecule has 0 fully saturated rings. The number of benzene rings is 3. The van der Waals surface area contributed by atoms with Crippen LogP contribution in [0.2, 0.25) is 0 Å². The molecule has 0 spiro atoms. The molecule has 3 aromatic carbocycles. The van der Waals surface area contributed by atoms with Crippen LogP contribution < -0.4 is 0 Å². The Bertz CT molecular complexity index is 1140. The third-order valence-electron chi connectivity index (χ3n) is 4.46. The summed E-state index contributed by atoms with van der Waals surface area (Å²) in [4.78, 5) is 25.6. The van der Waals surface area contributed by atoms with Gasteiger partial charge in [-0.1, -0.05) is 30.3 Å². The molecule has 122 valence electrons. The van der Waals surface area contributed by atoms with Gasteiger partial charge in [-0.3, -0.25) is 9.59 Å². The summed E-state index contributed by atoms with van der Waals surface area (Å²) in [6, 6.07) is 22.3. The predicted octanol–water partition coefficient (Wildman–Crippen LogP) is 6.14. The Morgan fingerprint density at radius 2 is 1.44 bits per heavy atom. The molecule has 0 saturated heterocycles. The van der Waals surface area contributed by atoms with E-state index >= 15 is 0 Å². The van der Waals surface area contributed by atoms with Crippen LogP contribution in [-0.4, -0.2) is 11.6 Å². The van der Waals surface area contributed by atoms with Crippen molar-refractivity contribution < 1.29 is 9.59 Å². The highest BCUT2D eigenvalue weighted by atomic mass is 32.2. The second-order valence-corrected chi connectivity index (χ2v) is 8.09. The fraction of sp³-hybridized carbons (Fsp3) is 0.0909. The number of Topliss-reactive ketones (excluding diaryl/α,β-unsaturated/α-hetero) is 2. The van der Waals surface area contributed by atoms with Gasteiger partial charge in [-0.25, -0.2) is 0 Å². The first-order chi connectivity index (χ1) is 12.1. The number of fused-ring (bicyclic) bond motifs is 3. The van der Waals surface area contributed by atoms with Gasteiger partial charge in [0.05, 0.1) is 5.39 Å². The van der Waals surface area contributed by atoms with Crippen molar-refractivity contribution in [3.05, 3.63) is 77.9 Å². The molecule has 0 amide bonds. The fourth-order valence-corrected chi connectivity index (χ4v) is 5.76. The predicted molar refractivity (Wildman–Crippen MR) is 105 cm³/mol. The lowest BCUT2D eigenvalue weighted by Crippen LogP contribution is -1.98. The Balaban J connectivity index is 2.27. The first-order valence-electron chi connectivity index (χ1n) is 8.16. The quantitative estimate of drug-likeness (QED) is 0.330. The van der Waals surface area contributed by atoms with Gasteiger partial charge in [-0.2, -0.15) is 0 Å². The Hall–Kier alpha value is -2.78. The van der Waals surface area contributed by atoms with E-state index in [1.54, 1.807) is 19.9 Å². The third-order valence-corrected chi connectivity index (χ3v) is 6.76. The van der Waals surface area contributed by atoms with E-state index in [2.05, 4.69) is 24.3 Å². The zero-order valence-corrected chi connectivity index (χ0v) is 14.9. The molecule has 0 radical (unpaired) electrons. The summed E-state index contributed by atoms with van der Waals surface area (Å²) in [5.41, 5.74) is 1.24. The molecular weight excluding hydrogens is 328 g/mol. The smallest absolute Gasteiger partial charge is 0.189 e. The second kappa shape index (κ2) is 5.94. The minimum atomic E-state index is -0.299. The molecule has 0 aliphatic carbocycles. The molecule has 4 rings (SSSR count). The van der Waals surface area contributed by atoms with E-state index in [1.807, 2.05) is 36.4 Å². The third kappa shape index (κ3) is 2.48. The standard InChI is InChI=1S/C22H17O2S/c1-14(23)16-12-19(15(2)24)22-18-10-6-7-11-20(18)25(21(22)13-16)17-8-4-3-5-9-17/h3-13H,1-2H3/q+1. The zero-order chi connectivity index (χ0) is 17.6. The molecule has 1 unspecified atom stereocenters. The number of carbonyl (C=O) groups is 2. The number of carbonyl (C=O) groups excluding carboxylic acids is 2. The Labute approximate surface area is 148 Å². The summed E-state index contributed by atoms with van der Waals surface area (Å²) < 4.78 is 2.29. The maximum absolute atomic E-state index is 12.3. The number of thiophene rings is 1. The molecule has 0 bridgehead atoms. The van der Waals surface area contributed by atoms with Crippen molar-refractivity contribution in [2.75, 3.05) is 0 Å². The SMILES string of the molecule is CC(=O)c1cc(C(C)=O)c2c3ccccc3[s+](-c3ccccc3)c2c1. The molecule has 25 heavy (non-hydrogen) atoms. The fourth-order valence-electron chi connectivity index (χ4n) is 3.32. The van der Waals surface area contributed by atoms with Crippen molar-refractivity contribution in [3.8, 4) is 4.90 Å². The molecule has 1 aromatic heterocycles. The van der Waals surface area contributed by atoms with Crippen LogP contribution in [0.3, 0.4) is 0 Å². The highest BCUT2D eigenvalue weighted by Crippen LogP contribution is 2.49. The van der Waals surface area contributed by atoms with E-state index in [9.17, 15) is 9.59 Å². The van der Waals surface area contributed by atoms with E-state index in [0.29, 0.717) is 11.1 Å². The van der Waals surface area contributed by atoms with Gasteiger partial charge in [0.25, 0.3) is 0 Å². The molecule has 0 aliphatic heterocycles. The maximum Gasteiger partial charge on any atom is 0.189 e. The monoisotopic (exact) mass is 345 g/mol. The van der Waals surface area contributed by atoms with Gasteiger partial charge < -0.3 is 0 Å². The van der Waals surface area contributed by atoms with Gasteiger partial charge in [0.1, 0.15) is 0 Å². The van der Waals surface area contributed by atoms with Crippen molar-refractivity contribution in [3.63, 3.8) is 0 Å². The molecule has 3 heteroatoms. The summed E-state index contributed by atoms with van der Waals surface area (Å²) in [5.74, 6) is -0.0227. The second-order valence-electron chi connectivity index (χ2n) is 6.12. The minimum Gasteiger partial charge on any atom is -0.295 e. The van der Waals surface area contributed by atoms with Crippen LogP contribution in [0.4, 0.5) is 0 Å². The van der Waals surface area contributed by atoms with Gasteiger partial charge in [0.2, 0.25) is 0 Å². The Kier molecular flexibility index (Phi) is 3.74. The lowest BCUT2D eigenvalue weighted by molar-refractivity contribution is 0.101. The molecule has 0 aliphatic rings. The minimum absolute atomic E-state index is 0.00679. The maximum atomic E-state index is 12.3. The Morgan fingerprint density at radius 3 is 2.12 bits per heavy atom. The van der Waals surface area contributed by atoms with Crippen molar-refractivity contribution in [1.29, 1.82) is 0 Å². The molecule has 4 aromatic rings. The molecule has 2 nitrogen and oxygen atoms in total. The van der Waals surface area contributed by atoms with Gasteiger partial charge >= 0.3 is 0 Å². The van der Waals surface area contributed by atoms with E-state index in [4.69, 9.17) is 0 Å². The number of ketones is 2. The number of hydrogen-bond acceptors (Lipinski definition) is 2. The largest absolute Gasteiger partial charge is 0.295 e. The average molecular weight is 345 g/mol. The van der Waals surface area contributed by atoms with Crippen LogP contribution in [0.1, 0.15) is 34.6 Å². The van der Waals surface area contributed by atoms with Crippen molar-refractivity contribution >= 4 is 42.2 Å². The normalized spacial score (nSPS) is 11.8. The highest BCUT2D eigenvalue weighted by Gasteiger charge is 2.27. The molecule has 0 N–H and O–H groups in total. The first kappa shape index (κ1) is 15.7. The van der Waals surface area contributed by atoms with Gasteiger partial charge in [0, 0.05) is 33.0 Å². The molecule has 1 heterocycles. The van der Waals surface area contributed by atoms with Crippen LogP contribution in [0.25, 0.3) is 25.1 Å². The number of rotatable bonds is 3. The molecule has 0 saturated carbocycles. The van der Waals surface area contributed by atoms with Crippen molar-refractivity contribution in [2.45, 2.75) is 13.8 Å². The lowest BCUT2D eigenvalue weighted by atomic mass is 9.99. The molecule has 1 atom stereocenters. The lowest BCUT2D eigenvalue weighted by Gasteiger charge is -2.01. The average Bonchev–Trinajstić information content (AvgIpc) is 2.95. The van der Waals surface area contributed by atoms with Gasteiger partial charge in [0.15, 0.2) is 25.9 Å². The Morgan fingerprint density at radius 1 is 0.760 bits per heavy atom. The summed E-state index contributed by atoms with van der Waals surface area (Å²) in [5, 5.41) is 2.09. The summed E-state index contributed by atoms with van der Waals surface area (Å²) in [7, 11) is -0.299. The van der Waals surface area contributed by atoms with Crippen LogP contribution >= 0.6 is 10.5 Å².